The topological polar surface area (TPSA) is 37.3 Å². The van der Waals surface area contributed by atoms with Crippen LogP contribution in [0.1, 0.15) is 0 Å². The van der Waals surface area contributed by atoms with Crippen LogP contribution < -0.4 is 0 Å². The number of hydrogen-bond acceptors (Lipinski definition) is 2. The molecular weight excluding hydrogens is 264 g/mol. The van der Waals surface area contributed by atoms with Gasteiger partial charge in [0.2, 0.25) is 0 Å². The van der Waals surface area contributed by atoms with Crippen molar-refractivity contribution in [3.63, 3.8) is 0 Å². The van der Waals surface area contributed by atoms with E-state index >= 15 is 0 Å². The van der Waals surface area contributed by atoms with Gasteiger partial charge in [-0.15, -0.1) is 11.8 Å². The van der Waals surface area contributed by atoms with Crippen LogP contribution in [0.25, 0.3) is 0 Å². The van der Waals surface area contributed by atoms with Crippen LogP contribution in [0, 0.1) is 0 Å². The number of benzene rings is 1. The molecule has 0 bridgehead atoms. The molecule has 0 aliphatic heterocycles. The van der Waals surface area contributed by atoms with Crippen LogP contribution in [0.2, 0.25) is 0 Å². The molecule has 1 aromatic carbocycles. The Bertz CT molecular complexity index is 350. The number of rotatable bonds is 4. The number of carboxylic acid groups (broad SMARTS) is 1. The zero-order chi connectivity index (χ0) is 10.4. The van der Waals surface area contributed by atoms with Crippen molar-refractivity contribution in [1.82, 2.24) is 0 Å². The molecule has 14 heavy (non-hydrogen) atoms. The van der Waals surface area contributed by atoms with Crippen molar-refractivity contribution in [2.24, 2.45) is 0 Å². The smallest absolute Gasteiger partial charge is 0.328 e. The number of aliphatic carboxylic acids is 1. The van der Waals surface area contributed by atoms with Gasteiger partial charge in [-0.05, 0) is 28.1 Å². The van der Waals surface area contributed by atoms with Gasteiger partial charge in [-0.3, -0.25) is 0 Å². The number of halogens is 1. The van der Waals surface area contributed by atoms with Crippen molar-refractivity contribution < 1.29 is 9.90 Å². The lowest BCUT2D eigenvalue weighted by Gasteiger charge is -2.00. The summed E-state index contributed by atoms with van der Waals surface area (Å²) in [6.45, 7) is 0. The van der Waals surface area contributed by atoms with Crippen molar-refractivity contribution in [1.29, 1.82) is 0 Å². The van der Waals surface area contributed by atoms with E-state index in [0.29, 0.717) is 5.75 Å². The highest BCUT2D eigenvalue weighted by Crippen LogP contribution is 2.26. The monoisotopic (exact) mass is 272 g/mol. The third-order valence-electron chi connectivity index (χ3n) is 1.43. The van der Waals surface area contributed by atoms with Gasteiger partial charge in [0.15, 0.2) is 0 Å². The van der Waals surface area contributed by atoms with E-state index in [-0.39, 0.29) is 0 Å². The lowest BCUT2D eigenvalue weighted by atomic mass is 10.4. The molecule has 0 aromatic heterocycles. The van der Waals surface area contributed by atoms with E-state index in [4.69, 9.17) is 5.11 Å². The first-order valence-corrected chi connectivity index (χ1v) is 5.75. The minimum absolute atomic E-state index is 0.662. The Morgan fingerprint density at radius 3 is 2.86 bits per heavy atom. The highest BCUT2D eigenvalue weighted by Gasteiger charge is 1.96. The second-order valence-corrected chi connectivity index (χ2v) is 4.40. The van der Waals surface area contributed by atoms with Crippen molar-refractivity contribution >= 4 is 33.7 Å². The van der Waals surface area contributed by atoms with Gasteiger partial charge in [-0.1, -0.05) is 18.2 Å². The lowest BCUT2D eigenvalue weighted by Crippen LogP contribution is -1.86. The highest BCUT2D eigenvalue weighted by molar-refractivity contribution is 9.10. The van der Waals surface area contributed by atoms with Gasteiger partial charge in [0.05, 0.1) is 0 Å². The van der Waals surface area contributed by atoms with Gasteiger partial charge < -0.3 is 5.11 Å². The van der Waals surface area contributed by atoms with Crippen molar-refractivity contribution in [2.45, 2.75) is 4.90 Å². The van der Waals surface area contributed by atoms with E-state index in [1.165, 1.54) is 0 Å². The first kappa shape index (κ1) is 11.3. The van der Waals surface area contributed by atoms with E-state index in [1.807, 2.05) is 24.3 Å². The van der Waals surface area contributed by atoms with E-state index in [0.717, 1.165) is 15.4 Å². The Morgan fingerprint density at radius 1 is 1.50 bits per heavy atom. The standard InChI is InChI=1S/C10H9BrO2S/c11-8-4-1-2-5-9(8)14-7-3-6-10(12)13/h1-6H,7H2,(H,12,13)/b6-3+. The van der Waals surface area contributed by atoms with Gasteiger partial charge in [-0.2, -0.15) is 0 Å². The Hall–Kier alpha value is -0.740. The average molecular weight is 273 g/mol. The predicted molar refractivity (Wildman–Crippen MR) is 61.6 cm³/mol. The number of hydrogen-bond donors (Lipinski definition) is 1. The van der Waals surface area contributed by atoms with Crippen LogP contribution >= 0.6 is 27.7 Å². The number of carboxylic acids is 1. The largest absolute Gasteiger partial charge is 0.478 e. The first-order valence-electron chi connectivity index (χ1n) is 3.97. The summed E-state index contributed by atoms with van der Waals surface area (Å²) in [5.41, 5.74) is 0. The second kappa shape index (κ2) is 5.88. The van der Waals surface area contributed by atoms with Gasteiger partial charge in [-0.25, -0.2) is 4.79 Å². The fourth-order valence-corrected chi connectivity index (χ4v) is 2.23. The zero-order valence-electron chi connectivity index (χ0n) is 7.31. The highest BCUT2D eigenvalue weighted by atomic mass is 79.9. The van der Waals surface area contributed by atoms with E-state index in [1.54, 1.807) is 17.8 Å². The Kier molecular flexibility index (Phi) is 4.76. The second-order valence-electron chi connectivity index (χ2n) is 2.48. The Morgan fingerprint density at radius 2 is 2.21 bits per heavy atom. The summed E-state index contributed by atoms with van der Waals surface area (Å²) in [6, 6.07) is 7.85. The summed E-state index contributed by atoms with van der Waals surface area (Å²) in [6.07, 6.45) is 2.79. The normalized spacial score (nSPS) is 10.6. The maximum absolute atomic E-state index is 10.2. The van der Waals surface area contributed by atoms with E-state index in [9.17, 15) is 4.79 Å². The molecule has 0 unspecified atom stereocenters. The molecule has 0 saturated carbocycles. The summed E-state index contributed by atoms with van der Waals surface area (Å²) < 4.78 is 1.04. The molecule has 4 heteroatoms. The Labute approximate surface area is 95.1 Å². The molecule has 2 nitrogen and oxygen atoms in total. The van der Waals surface area contributed by atoms with Crippen LogP contribution in [0.3, 0.4) is 0 Å². The molecule has 1 rings (SSSR count). The molecule has 0 fully saturated rings. The molecule has 0 saturated heterocycles. The van der Waals surface area contributed by atoms with Crippen molar-refractivity contribution in [2.75, 3.05) is 5.75 Å². The Balaban J connectivity index is 2.46. The van der Waals surface area contributed by atoms with Gasteiger partial charge in [0.1, 0.15) is 0 Å². The van der Waals surface area contributed by atoms with Crippen LogP contribution in [-0.4, -0.2) is 16.8 Å². The number of thioether (sulfide) groups is 1. The molecule has 74 valence electrons. The maximum Gasteiger partial charge on any atom is 0.328 e. The lowest BCUT2D eigenvalue weighted by molar-refractivity contribution is -0.131. The third-order valence-corrected chi connectivity index (χ3v) is 3.41. The van der Waals surface area contributed by atoms with Crippen LogP contribution in [0.4, 0.5) is 0 Å². The molecule has 1 aromatic rings. The third kappa shape index (κ3) is 3.98. The summed E-state index contributed by atoms with van der Waals surface area (Å²) in [7, 11) is 0. The number of carbonyl (C=O) groups is 1. The van der Waals surface area contributed by atoms with Crippen molar-refractivity contribution in [3.05, 3.63) is 40.9 Å². The molecule has 0 radical (unpaired) electrons. The molecule has 0 aliphatic carbocycles. The quantitative estimate of drug-likeness (QED) is 0.676. The average Bonchev–Trinajstić information content (AvgIpc) is 2.15. The molecule has 0 atom stereocenters. The summed E-state index contributed by atoms with van der Waals surface area (Å²) >= 11 is 5.01. The molecule has 0 amide bonds. The maximum atomic E-state index is 10.2. The first-order chi connectivity index (χ1) is 6.70. The van der Waals surface area contributed by atoms with Gasteiger partial charge >= 0.3 is 5.97 Å². The van der Waals surface area contributed by atoms with Crippen LogP contribution in [-0.2, 0) is 4.79 Å². The van der Waals surface area contributed by atoms with Crippen molar-refractivity contribution in [3.8, 4) is 0 Å². The van der Waals surface area contributed by atoms with Crippen LogP contribution in [0.15, 0.2) is 45.8 Å². The fraction of sp³-hybridized carbons (Fsp3) is 0.100. The molecule has 0 spiro atoms. The van der Waals surface area contributed by atoms with Gasteiger partial charge in [0, 0.05) is 21.2 Å². The van der Waals surface area contributed by atoms with Crippen LogP contribution in [0.5, 0.6) is 0 Å². The molecule has 0 aliphatic rings. The zero-order valence-corrected chi connectivity index (χ0v) is 9.72. The fourth-order valence-electron chi connectivity index (χ4n) is 0.849. The minimum atomic E-state index is -0.905. The van der Waals surface area contributed by atoms with Gasteiger partial charge in [0.25, 0.3) is 0 Å². The summed E-state index contributed by atoms with van der Waals surface area (Å²) in [5.74, 6) is -0.243. The summed E-state index contributed by atoms with van der Waals surface area (Å²) in [4.78, 5) is 11.3. The SMILES string of the molecule is O=C(O)/C=C/CSc1ccccc1Br. The van der Waals surface area contributed by atoms with E-state index in [2.05, 4.69) is 15.9 Å². The predicted octanol–water partition coefficient (Wildman–Crippen LogP) is 3.18. The molecule has 1 N–H and O–H groups in total. The molecular formula is C10H9BrO2S. The minimum Gasteiger partial charge on any atom is -0.478 e. The molecule has 0 heterocycles. The van der Waals surface area contributed by atoms with E-state index < -0.39 is 5.97 Å². The summed E-state index contributed by atoms with van der Waals surface area (Å²) in [5, 5.41) is 8.36.